The number of carbonyl (C=O) groups is 1. The molecule has 0 bridgehead atoms. The summed E-state index contributed by atoms with van der Waals surface area (Å²) in [6, 6.07) is 0. The first-order valence-electron chi connectivity index (χ1n) is 9.97. The highest BCUT2D eigenvalue weighted by Gasteiger charge is 2.59. The van der Waals surface area contributed by atoms with E-state index in [1.54, 1.807) is 5.57 Å². The minimum Gasteiger partial charge on any atom is -0.294 e. The van der Waals surface area contributed by atoms with Gasteiger partial charge in [-0.25, -0.2) is 0 Å². The molecule has 25 heavy (non-hydrogen) atoms. The van der Waals surface area contributed by atoms with Crippen molar-refractivity contribution in [3.05, 3.63) is 35.5 Å². The molecule has 0 spiro atoms. The molecule has 0 saturated heterocycles. The normalized spacial score (nSPS) is 37.8. The number of Topliss-reactive ketones (excluding diaryl/α,β-unsaturated/α-hetero) is 1. The highest BCUT2D eigenvalue weighted by Crippen LogP contribution is 2.66. The Balaban J connectivity index is 2.19. The van der Waals surface area contributed by atoms with E-state index in [0.29, 0.717) is 17.1 Å². The molecule has 0 aromatic rings. The van der Waals surface area contributed by atoms with Crippen LogP contribution in [0, 0.1) is 27.6 Å². The molecule has 1 fully saturated rings. The second kappa shape index (κ2) is 5.44. The molecule has 0 aromatic carbocycles. The van der Waals surface area contributed by atoms with Crippen LogP contribution in [0.5, 0.6) is 0 Å². The van der Waals surface area contributed by atoms with Crippen molar-refractivity contribution in [2.24, 2.45) is 27.6 Å². The molecular formula is C24H36O. The topological polar surface area (TPSA) is 17.1 Å². The largest absolute Gasteiger partial charge is 0.294 e. The maximum atomic E-state index is 12.9. The van der Waals surface area contributed by atoms with E-state index >= 15 is 0 Å². The predicted molar refractivity (Wildman–Crippen MR) is 106 cm³/mol. The molecule has 3 atom stereocenters. The minimum absolute atomic E-state index is 0.0195. The van der Waals surface area contributed by atoms with Gasteiger partial charge in [0.1, 0.15) is 0 Å². The van der Waals surface area contributed by atoms with Crippen molar-refractivity contribution >= 4 is 5.78 Å². The number of hydrogen-bond donors (Lipinski definition) is 0. The van der Waals surface area contributed by atoms with Crippen molar-refractivity contribution in [3.63, 3.8) is 0 Å². The van der Waals surface area contributed by atoms with Gasteiger partial charge in [0.2, 0.25) is 0 Å². The van der Waals surface area contributed by atoms with Gasteiger partial charge in [-0.15, -0.1) is 0 Å². The molecule has 0 aromatic heterocycles. The summed E-state index contributed by atoms with van der Waals surface area (Å²) in [6.45, 7) is 20.2. The molecule has 138 valence electrons. The molecule has 3 rings (SSSR count). The highest BCUT2D eigenvalue weighted by atomic mass is 16.1. The van der Waals surface area contributed by atoms with Crippen molar-refractivity contribution in [1.82, 2.24) is 0 Å². The van der Waals surface area contributed by atoms with Gasteiger partial charge in [-0.1, -0.05) is 71.4 Å². The number of hydrogen-bond acceptors (Lipinski definition) is 1. The van der Waals surface area contributed by atoms with Crippen LogP contribution in [-0.2, 0) is 4.79 Å². The Labute approximate surface area is 154 Å². The van der Waals surface area contributed by atoms with Crippen LogP contribution in [0.4, 0.5) is 0 Å². The zero-order valence-electron chi connectivity index (χ0n) is 17.4. The second-order valence-electron chi connectivity index (χ2n) is 11.0. The fourth-order valence-electron chi connectivity index (χ4n) is 6.62. The van der Waals surface area contributed by atoms with Crippen LogP contribution in [0.25, 0.3) is 0 Å². The first-order valence-corrected chi connectivity index (χ1v) is 9.97. The maximum absolute atomic E-state index is 12.9. The van der Waals surface area contributed by atoms with Gasteiger partial charge < -0.3 is 0 Å². The van der Waals surface area contributed by atoms with E-state index in [4.69, 9.17) is 0 Å². The van der Waals surface area contributed by atoms with Crippen LogP contribution in [0.2, 0.25) is 0 Å². The molecule has 0 heterocycles. The summed E-state index contributed by atoms with van der Waals surface area (Å²) in [5, 5.41) is 0. The monoisotopic (exact) mass is 340 g/mol. The van der Waals surface area contributed by atoms with E-state index < -0.39 is 0 Å². The van der Waals surface area contributed by atoms with E-state index in [1.165, 1.54) is 24.8 Å². The van der Waals surface area contributed by atoms with Crippen LogP contribution in [-0.4, -0.2) is 5.78 Å². The Morgan fingerprint density at radius 1 is 1.20 bits per heavy atom. The summed E-state index contributed by atoms with van der Waals surface area (Å²) < 4.78 is 0. The van der Waals surface area contributed by atoms with E-state index in [1.807, 2.05) is 6.92 Å². The predicted octanol–water partition coefficient (Wildman–Crippen LogP) is 6.66. The van der Waals surface area contributed by atoms with Gasteiger partial charge in [-0.2, -0.15) is 0 Å². The molecular weight excluding hydrogens is 304 g/mol. The van der Waals surface area contributed by atoms with Crippen LogP contribution >= 0.6 is 0 Å². The lowest BCUT2D eigenvalue weighted by Gasteiger charge is -2.60. The first kappa shape index (κ1) is 18.7. The van der Waals surface area contributed by atoms with Crippen LogP contribution in [0.1, 0.15) is 80.6 Å². The van der Waals surface area contributed by atoms with Crippen molar-refractivity contribution in [2.45, 2.75) is 80.6 Å². The van der Waals surface area contributed by atoms with Gasteiger partial charge in [-0.3, -0.25) is 4.79 Å². The van der Waals surface area contributed by atoms with Gasteiger partial charge in [0.15, 0.2) is 5.78 Å². The highest BCUT2D eigenvalue weighted by molar-refractivity contribution is 6.00. The average Bonchev–Trinajstić information content (AvgIpc) is 2.45. The summed E-state index contributed by atoms with van der Waals surface area (Å²) in [4.78, 5) is 12.9. The molecule has 0 amide bonds. The third-order valence-electron chi connectivity index (χ3n) is 7.26. The lowest BCUT2D eigenvalue weighted by molar-refractivity contribution is -0.131. The summed E-state index contributed by atoms with van der Waals surface area (Å²) >= 11 is 0. The smallest absolute Gasteiger partial charge is 0.164 e. The fourth-order valence-corrected chi connectivity index (χ4v) is 6.62. The third-order valence-corrected chi connectivity index (χ3v) is 7.26. The Kier molecular flexibility index (Phi) is 4.07. The molecule has 3 aliphatic carbocycles. The van der Waals surface area contributed by atoms with E-state index in [-0.39, 0.29) is 16.2 Å². The molecule has 1 saturated carbocycles. The van der Waals surface area contributed by atoms with Crippen LogP contribution in [0.3, 0.4) is 0 Å². The van der Waals surface area contributed by atoms with Crippen LogP contribution in [0.15, 0.2) is 35.5 Å². The average molecular weight is 341 g/mol. The van der Waals surface area contributed by atoms with Crippen molar-refractivity contribution in [1.29, 1.82) is 0 Å². The minimum atomic E-state index is -0.277. The molecule has 0 N–H and O–H groups in total. The number of allylic oxidation sites excluding steroid dienone is 5. The molecule has 1 nitrogen and oxygen atoms in total. The van der Waals surface area contributed by atoms with Crippen LogP contribution < -0.4 is 0 Å². The van der Waals surface area contributed by atoms with E-state index in [0.717, 1.165) is 18.4 Å². The molecule has 2 unspecified atom stereocenters. The van der Waals surface area contributed by atoms with Gasteiger partial charge in [-0.05, 0) is 61.3 Å². The zero-order chi connectivity index (χ0) is 18.8. The Morgan fingerprint density at radius 2 is 1.84 bits per heavy atom. The first-order chi connectivity index (χ1) is 11.3. The Morgan fingerprint density at radius 3 is 2.44 bits per heavy atom. The fraction of sp³-hybridized carbons (Fsp3) is 0.708. The summed E-state index contributed by atoms with van der Waals surface area (Å²) in [5.74, 6) is 0.731. The number of carbonyl (C=O) groups excluding carboxylic acids is 1. The Bertz CT molecular complexity index is 681. The summed E-state index contributed by atoms with van der Waals surface area (Å²) in [6.07, 6.45) is 10.7. The molecule has 0 radical (unpaired) electrons. The van der Waals surface area contributed by atoms with Crippen molar-refractivity contribution in [3.8, 4) is 0 Å². The number of fused-ring (bicyclic) bond motifs is 3. The maximum Gasteiger partial charge on any atom is 0.164 e. The van der Waals surface area contributed by atoms with Gasteiger partial charge in [0.05, 0.1) is 0 Å². The molecule has 0 aliphatic heterocycles. The van der Waals surface area contributed by atoms with Gasteiger partial charge in [0.25, 0.3) is 0 Å². The standard InChI is InChI=1S/C24H36O/c1-16-9-11-24(15-21(3,4)5)12-10-18-22(6,7)20(25)17(2)14-23(18,8)19(24)13-16/h13-14,18H,1,9-12,15H2,2-8H3/t18?,23-,24?/m0/s1. The van der Waals surface area contributed by atoms with Gasteiger partial charge >= 0.3 is 0 Å². The lowest BCUT2D eigenvalue weighted by atomic mass is 9.43. The number of ketones is 1. The van der Waals surface area contributed by atoms with Crippen molar-refractivity contribution < 1.29 is 4.79 Å². The summed E-state index contributed by atoms with van der Waals surface area (Å²) in [5.41, 5.74) is 4.07. The molecule has 1 heteroatoms. The van der Waals surface area contributed by atoms with Crippen molar-refractivity contribution in [2.75, 3.05) is 0 Å². The molecule has 3 aliphatic rings. The van der Waals surface area contributed by atoms with E-state index in [9.17, 15) is 4.79 Å². The Hall–Kier alpha value is -1.11. The SMILES string of the molecule is C=C1C=C2C(CC(C)(C)C)(CC1)CCC1C(C)(C)C(=O)C(C)=C[C@]21C. The zero-order valence-corrected chi connectivity index (χ0v) is 17.4. The number of rotatable bonds is 1. The van der Waals surface area contributed by atoms with E-state index in [2.05, 4.69) is 60.3 Å². The van der Waals surface area contributed by atoms with Gasteiger partial charge in [0, 0.05) is 10.8 Å². The summed E-state index contributed by atoms with van der Waals surface area (Å²) in [7, 11) is 0. The second-order valence-corrected chi connectivity index (χ2v) is 11.0. The third kappa shape index (κ3) is 2.78. The lowest BCUT2D eigenvalue weighted by Crippen LogP contribution is -2.54. The quantitative estimate of drug-likeness (QED) is 0.522.